The summed E-state index contributed by atoms with van der Waals surface area (Å²) in [6.07, 6.45) is -0.217. The van der Waals surface area contributed by atoms with Gasteiger partial charge in [0.2, 0.25) is 17.7 Å². The van der Waals surface area contributed by atoms with Crippen molar-refractivity contribution in [1.29, 1.82) is 0 Å². The van der Waals surface area contributed by atoms with Crippen LogP contribution >= 0.6 is 0 Å². The van der Waals surface area contributed by atoms with Crippen LogP contribution in [0.25, 0.3) is 5.65 Å². The largest absolute Gasteiger partial charge is 0.408 e. The molecule has 0 bridgehead atoms. The van der Waals surface area contributed by atoms with Crippen LogP contribution in [-0.2, 0) is 17.6 Å². The molecule has 2 N–H and O–H groups in total. The lowest BCUT2D eigenvalue weighted by Gasteiger charge is -2.33. The molecule has 4 aromatic rings. The minimum Gasteiger partial charge on any atom is -0.344 e. The number of imidazole rings is 1. The second-order valence-electron chi connectivity index (χ2n) is 12.5. The van der Waals surface area contributed by atoms with Gasteiger partial charge < -0.3 is 15.2 Å². The fourth-order valence-electron chi connectivity index (χ4n) is 6.56. The van der Waals surface area contributed by atoms with Crippen molar-refractivity contribution in [3.05, 3.63) is 53.3 Å². The zero-order valence-corrected chi connectivity index (χ0v) is 24.1. The van der Waals surface area contributed by atoms with Gasteiger partial charge in [0.05, 0.1) is 29.5 Å². The van der Waals surface area contributed by atoms with Gasteiger partial charge in [-0.25, -0.2) is 22.9 Å². The first-order valence-corrected chi connectivity index (χ1v) is 14.9. The van der Waals surface area contributed by atoms with E-state index in [2.05, 4.69) is 41.2 Å². The van der Waals surface area contributed by atoms with Crippen LogP contribution in [0.3, 0.4) is 0 Å². The Kier molecular flexibility index (Phi) is 7.26. The van der Waals surface area contributed by atoms with Crippen LogP contribution in [0.4, 0.5) is 22.0 Å². The molecule has 0 spiro atoms. The fourth-order valence-corrected chi connectivity index (χ4v) is 6.56. The lowest BCUT2D eigenvalue weighted by Crippen LogP contribution is -2.39. The van der Waals surface area contributed by atoms with Crippen molar-refractivity contribution < 1.29 is 40.7 Å². The highest BCUT2D eigenvalue weighted by molar-refractivity contribution is 5.93. The summed E-state index contributed by atoms with van der Waals surface area (Å²) in [6.45, 7) is 0. The summed E-state index contributed by atoms with van der Waals surface area (Å²) in [5.41, 5.74) is -0.0101. The summed E-state index contributed by atoms with van der Waals surface area (Å²) in [5, 5.41) is 20.5. The number of hydrogen-bond acceptors (Lipinski definition) is 10. The van der Waals surface area contributed by atoms with Crippen molar-refractivity contribution in [2.24, 2.45) is 11.3 Å². The van der Waals surface area contributed by atoms with E-state index in [0.29, 0.717) is 17.0 Å². The van der Waals surface area contributed by atoms with Gasteiger partial charge in [-0.05, 0) is 61.2 Å². The molecule has 1 aliphatic heterocycles. The van der Waals surface area contributed by atoms with E-state index in [1.807, 2.05) is 0 Å². The van der Waals surface area contributed by atoms with Crippen molar-refractivity contribution in [1.82, 2.24) is 45.7 Å². The first-order valence-electron chi connectivity index (χ1n) is 14.9. The number of carbonyl (C=O) groups is 2. The van der Waals surface area contributed by atoms with Gasteiger partial charge in [0.1, 0.15) is 11.7 Å². The predicted octanol–water partition coefficient (Wildman–Crippen LogP) is 3.89. The van der Waals surface area contributed by atoms with Gasteiger partial charge in [0.15, 0.2) is 17.7 Å². The highest BCUT2D eigenvalue weighted by atomic mass is 19.4. The second kappa shape index (κ2) is 11.1. The third-order valence-corrected chi connectivity index (χ3v) is 9.14. The van der Waals surface area contributed by atoms with Crippen molar-refractivity contribution in [3.63, 3.8) is 0 Å². The van der Waals surface area contributed by atoms with Crippen LogP contribution in [0.5, 0.6) is 0 Å². The number of alkyl halides is 5. The van der Waals surface area contributed by atoms with Gasteiger partial charge in [-0.2, -0.15) is 23.3 Å². The molecule has 0 aromatic carbocycles. The number of amides is 2. The van der Waals surface area contributed by atoms with Crippen molar-refractivity contribution in [2.75, 3.05) is 0 Å². The van der Waals surface area contributed by atoms with E-state index in [9.17, 15) is 31.5 Å². The van der Waals surface area contributed by atoms with Gasteiger partial charge in [0, 0.05) is 25.2 Å². The summed E-state index contributed by atoms with van der Waals surface area (Å²) in [7, 11) is 0. The molecular weight excluding hydrogens is 621 g/mol. The molecule has 13 nitrogen and oxygen atoms in total. The maximum Gasteiger partial charge on any atom is 0.408 e. The summed E-state index contributed by atoms with van der Waals surface area (Å²) < 4.78 is 80.4. The highest BCUT2D eigenvalue weighted by Crippen LogP contribution is 2.44. The SMILES string of the molecule is O=C(N[C@H](c1cn2ncc(C[C@@]3(Cc4ncno4)C[C@@H](C(F)(F)F)NC3=O)cc2n1)C1CCC(F)(F)CC1)c1nonc1C1CC1. The Morgan fingerprint density at radius 1 is 1.15 bits per heavy atom. The van der Waals surface area contributed by atoms with E-state index in [1.54, 1.807) is 12.3 Å². The Balaban J connectivity index is 1.18. The van der Waals surface area contributed by atoms with Gasteiger partial charge in [-0.1, -0.05) is 10.3 Å². The van der Waals surface area contributed by atoms with E-state index < -0.39 is 47.8 Å². The summed E-state index contributed by atoms with van der Waals surface area (Å²) >= 11 is 0. The maximum atomic E-state index is 14.1. The molecule has 4 aromatic heterocycles. The van der Waals surface area contributed by atoms with E-state index in [0.717, 1.165) is 19.2 Å². The van der Waals surface area contributed by atoms with Gasteiger partial charge in [-0.3, -0.25) is 9.59 Å². The molecule has 18 heteroatoms. The zero-order valence-electron chi connectivity index (χ0n) is 24.1. The Morgan fingerprint density at radius 2 is 1.93 bits per heavy atom. The minimum atomic E-state index is -4.66. The summed E-state index contributed by atoms with van der Waals surface area (Å²) in [6, 6.07) is -1.25. The number of fused-ring (bicyclic) bond motifs is 1. The van der Waals surface area contributed by atoms with E-state index >= 15 is 0 Å². The first kappa shape index (κ1) is 30.2. The van der Waals surface area contributed by atoms with E-state index in [-0.39, 0.29) is 67.6 Å². The number of rotatable bonds is 9. The Labute approximate surface area is 256 Å². The molecule has 5 heterocycles. The average Bonchev–Trinajstić information content (AvgIpc) is 3.37. The summed E-state index contributed by atoms with van der Waals surface area (Å²) in [4.78, 5) is 35.0. The van der Waals surface area contributed by atoms with Crippen LogP contribution in [-0.4, -0.2) is 65.0 Å². The molecule has 46 heavy (non-hydrogen) atoms. The molecule has 2 aliphatic carbocycles. The molecule has 0 radical (unpaired) electrons. The first-order chi connectivity index (χ1) is 21.9. The fraction of sp³-hybridized carbons (Fsp3) is 0.571. The van der Waals surface area contributed by atoms with Gasteiger partial charge >= 0.3 is 6.18 Å². The normalized spacial score (nSPS) is 24.3. The molecule has 1 saturated heterocycles. The topological polar surface area (TPSA) is 166 Å². The molecule has 3 fully saturated rings. The summed E-state index contributed by atoms with van der Waals surface area (Å²) in [5.74, 6) is -4.46. The number of nitrogens with one attached hydrogen (secondary N) is 2. The number of carbonyl (C=O) groups excluding carboxylic acids is 2. The monoisotopic (exact) mass is 649 g/mol. The molecule has 244 valence electrons. The molecule has 3 aliphatic rings. The number of hydrogen-bond donors (Lipinski definition) is 2. The average molecular weight is 650 g/mol. The number of halogens is 5. The third-order valence-electron chi connectivity index (χ3n) is 9.14. The molecule has 3 atom stereocenters. The van der Waals surface area contributed by atoms with Crippen LogP contribution in [0.1, 0.15) is 90.2 Å². The second-order valence-corrected chi connectivity index (χ2v) is 12.5. The molecule has 2 saturated carbocycles. The molecular formula is C28H28F5N9O4. The van der Waals surface area contributed by atoms with Gasteiger partial charge in [-0.15, -0.1) is 0 Å². The zero-order chi connectivity index (χ0) is 32.3. The van der Waals surface area contributed by atoms with Crippen molar-refractivity contribution >= 4 is 17.5 Å². The van der Waals surface area contributed by atoms with E-state index in [1.165, 1.54) is 10.7 Å². The van der Waals surface area contributed by atoms with Crippen LogP contribution < -0.4 is 10.6 Å². The Morgan fingerprint density at radius 3 is 2.61 bits per heavy atom. The number of aromatic nitrogens is 7. The Bertz CT molecular complexity index is 1740. The van der Waals surface area contributed by atoms with Crippen molar-refractivity contribution in [2.45, 2.75) is 87.9 Å². The lowest BCUT2D eigenvalue weighted by atomic mass is 9.76. The Hall–Kier alpha value is -4.51. The predicted molar refractivity (Wildman–Crippen MR) is 143 cm³/mol. The number of nitrogens with zero attached hydrogens (tertiary/aromatic N) is 7. The lowest BCUT2D eigenvalue weighted by molar-refractivity contribution is -0.155. The highest BCUT2D eigenvalue weighted by Gasteiger charge is 2.56. The van der Waals surface area contributed by atoms with Crippen molar-refractivity contribution in [3.8, 4) is 0 Å². The van der Waals surface area contributed by atoms with Crippen LogP contribution in [0, 0.1) is 11.3 Å². The van der Waals surface area contributed by atoms with Crippen LogP contribution in [0.15, 0.2) is 33.9 Å². The maximum absolute atomic E-state index is 14.1. The minimum absolute atomic E-state index is 0.0129. The van der Waals surface area contributed by atoms with Gasteiger partial charge in [0.25, 0.3) is 5.91 Å². The molecule has 0 unspecified atom stereocenters. The van der Waals surface area contributed by atoms with Crippen LogP contribution in [0.2, 0.25) is 0 Å². The smallest absolute Gasteiger partial charge is 0.344 e. The standard InChI is InChI=1S/C28H28F5N9O4/c29-27(30)5-3-16(4-6-27)21(39-24(43)23-22(15-1-2-15)40-46-41-23)17-12-42-19(37-17)7-14(11-35-42)8-26(10-20-34-13-36-45-20)9-18(28(31,32)33)38-25(26)44/h7,11-13,15-16,18,21H,1-6,8-10H2,(H,38,44)(H,39,43)/t18-,21-,26-/m0/s1. The quantitative estimate of drug-likeness (QED) is 0.254. The van der Waals surface area contributed by atoms with E-state index in [4.69, 9.17) is 9.15 Å². The third kappa shape index (κ3) is 5.91. The molecule has 7 rings (SSSR count). The molecule has 2 amide bonds.